The van der Waals surface area contributed by atoms with Crippen molar-refractivity contribution in [3.05, 3.63) is 72.4 Å². The van der Waals surface area contributed by atoms with Crippen LogP contribution in [0.1, 0.15) is 45.0 Å². The van der Waals surface area contributed by atoms with E-state index in [1.807, 2.05) is 19.9 Å². The van der Waals surface area contributed by atoms with Crippen molar-refractivity contribution in [1.29, 1.82) is 0 Å². The van der Waals surface area contributed by atoms with Crippen molar-refractivity contribution in [2.45, 2.75) is 45.6 Å². The van der Waals surface area contributed by atoms with E-state index < -0.39 is 0 Å². The van der Waals surface area contributed by atoms with Gasteiger partial charge in [-0.3, -0.25) is 5.43 Å². The maximum atomic E-state index is 13.0. The second-order valence-electron chi connectivity index (χ2n) is 6.76. The van der Waals surface area contributed by atoms with E-state index in [0.717, 1.165) is 17.8 Å². The third kappa shape index (κ3) is 8.73. The van der Waals surface area contributed by atoms with Gasteiger partial charge >= 0.3 is 0 Å². The Balaban J connectivity index is 2.89. The first-order chi connectivity index (χ1) is 13.3. The lowest BCUT2D eigenvalue weighted by Gasteiger charge is -2.22. The highest BCUT2D eigenvalue weighted by Crippen LogP contribution is 2.15. The van der Waals surface area contributed by atoms with Gasteiger partial charge in [-0.15, -0.1) is 0 Å². The molecule has 1 aromatic heterocycles. The SMILES string of the molecule is C=CN/N=C(\C=C/CC(=C/N)/C=C(\C)F)c1cnc(CCC(C)(C)OC)nc1. The average Bonchev–Trinajstić information content (AvgIpc) is 2.68. The number of hydrogen-bond acceptors (Lipinski definition) is 6. The molecule has 0 aliphatic carbocycles. The van der Waals surface area contributed by atoms with Gasteiger partial charge in [-0.1, -0.05) is 12.7 Å². The maximum absolute atomic E-state index is 13.0. The first-order valence-electron chi connectivity index (χ1n) is 9.03. The monoisotopic (exact) mass is 387 g/mol. The molecule has 0 bridgehead atoms. The summed E-state index contributed by atoms with van der Waals surface area (Å²) in [5.74, 6) is 0.443. The highest BCUT2D eigenvalue weighted by molar-refractivity contribution is 6.08. The Morgan fingerprint density at radius 2 is 2.07 bits per heavy atom. The second-order valence-corrected chi connectivity index (χ2v) is 6.76. The zero-order chi connectivity index (χ0) is 21.0. The summed E-state index contributed by atoms with van der Waals surface area (Å²) in [7, 11) is 1.70. The number of nitrogens with one attached hydrogen (secondary N) is 1. The van der Waals surface area contributed by atoms with E-state index in [1.165, 1.54) is 25.4 Å². The van der Waals surface area contributed by atoms with Gasteiger partial charge in [-0.05, 0) is 57.5 Å². The first-order valence-corrected chi connectivity index (χ1v) is 9.03. The molecule has 0 radical (unpaired) electrons. The molecule has 0 amide bonds. The molecule has 0 fully saturated rings. The summed E-state index contributed by atoms with van der Waals surface area (Å²) in [5, 5.41) is 4.25. The Kier molecular flexibility index (Phi) is 9.81. The molecule has 0 saturated carbocycles. The molecule has 1 rings (SSSR count). The third-order valence-electron chi connectivity index (χ3n) is 4.01. The maximum Gasteiger partial charge on any atom is 0.128 e. The third-order valence-corrected chi connectivity index (χ3v) is 4.01. The molecule has 3 N–H and O–H groups in total. The lowest BCUT2D eigenvalue weighted by Crippen LogP contribution is -2.23. The molecule has 28 heavy (non-hydrogen) atoms. The van der Waals surface area contributed by atoms with Crippen LogP contribution in [0, 0.1) is 0 Å². The second kappa shape index (κ2) is 11.8. The Morgan fingerprint density at radius 1 is 1.39 bits per heavy atom. The fourth-order valence-electron chi connectivity index (χ4n) is 2.18. The van der Waals surface area contributed by atoms with E-state index in [4.69, 9.17) is 10.5 Å². The summed E-state index contributed by atoms with van der Waals surface area (Å²) < 4.78 is 18.4. The number of allylic oxidation sites excluding steroid dienone is 5. The van der Waals surface area contributed by atoms with Crippen LogP contribution in [0.15, 0.2) is 66.1 Å². The van der Waals surface area contributed by atoms with Gasteiger partial charge in [0, 0.05) is 37.7 Å². The van der Waals surface area contributed by atoms with Crippen molar-refractivity contribution in [3.63, 3.8) is 0 Å². The molecule has 0 aliphatic heterocycles. The quantitative estimate of drug-likeness (QED) is 0.341. The summed E-state index contributed by atoms with van der Waals surface area (Å²) in [6, 6.07) is 0. The van der Waals surface area contributed by atoms with Crippen LogP contribution in [0.3, 0.4) is 0 Å². The normalized spacial score (nSPS) is 13.8. The number of ether oxygens (including phenoxy) is 1. The van der Waals surface area contributed by atoms with Gasteiger partial charge in [0.2, 0.25) is 0 Å². The summed E-state index contributed by atoms with van der Waals surface area (Å²) >= 11 is 0. The zero-order valence-corrected chi connectivity index (χ0v) is 17.1. The molecular weight excluding hydrogens is 357 g/mol. The number of rotatable bonds is 11. The topological polar surface area (TPSA) is 85.4 Å². The van der Waals surface area contributed by atoms with E-state index in [0.29, 0.717) is 24.1 Å². The van der Waals surface area contributed by atoms with E-state index in [2.05, 4.69) is 27.1 Å². The van der Waals surface area contributed by atoms with Crippen LogP contribution in [-0.4, -0.2) is 28.4 Å². The van der Waals surface area contributed by atoms with Gasteiger partial charge in [0.15, 0.2) is 0 Å². The lowest BCUT2D eigenvalue weighted by molar-refractivity contribution is 0.0154. The molecule has 1 heterocycles. The molecule has 7 heteroatoms. The Morgan fingerprint density at radius 3 is 2.61 bits per heavy atom. The van der Waals surface area contributed by atoms with E-state index >= 15 is 0 Å². The number of nitrogens with zero attached hydrogens (tertiary/aromatic N) is 3. The first kappa shape index (κ1) is 23.2. The standard InChI is InChI=1S/C21H30FN5O/c1-6-26-27-19(9-7-8-17(13-23)12-16(2)22)18-14-24-20(25-15-18)10-11-21(3,4)28-5/h6-7,9,12-15,26H,1,8,10-11,23H2,2-5H3/b9-7-,16-12+,17-13-,27-19+. The van der Waals surface area contributed by atoms with Crippen LogP contribution in [0.4, 0.5) is 4.39 Å². The molecule has 0 aromatic carbocycles. The zero-order valence-electron chi connectivity index (χ0n) is 17.1. The van der Waals surface area contributed by atoms with Crippen molar-refractivity contribution in [2.24, 2.45) is 10.8 Å². The summed E-state index contributed by atoms with van der Waals surface area (Å²) in [4.78, 5) is 8.84. The van der Waals surface area contributed by atoms with Crippen molar-refractivity contribution in [3.8, 4) is 0 Å². The van der Waals surface area contributed by atoms with Crippen LogP contribution in [0.2, 0.25) is 0 Å². The van der Waals surface area contributed by atoms with Gasteiger partial charge in [0.05, 0.1) is 17.1 Å². The molecular formula is C21H30FN5O. The smallest absolute Gasteiger partial charge is 0.128 e. The van der Waals surface area contributed by atoms with Crippen LogP contribution in [-0.2, 0) is 11.2 Å². The largest absolute Gasteiger partial charge is 0.404 e. The summed E-state index contributed by atoms with van der Waals surface area (Å²) in [5.41, 5.74) is 10.1. The number of hydrazone groups is 1. The molecule has 0 aliphatic rings. The molecule has 6 nitrogen and oxygen atoms in total. The molecule has 0 saturated heterocycles. The molecule has 1 aromatic rings. The minimum absolute atomic E-state index is 0.216. The number of hydrogen-bond donors (Lipinski definition) is 2. The number of aryl methyl sites for hydroxylation is 1. The van der Waals surface area contributed by atoms with E-state index in [-0.39, 0.29) is 11.4 Å². The molecule has 152 valence electrons. The number of nitrogens with two attached hydrogens (primary N) is 1. The van der Waals surface area contributed by atoms with Gasteiger partial charge < -0.3 is 10.5 Å². The summed E-state index contributed by atoms with van der Waals surface area (Å²) in [6.07, 6.45) is 13.3. The van der Waals surface area contributed by atoms with Gasteiger partial charge in [0.25, 0.3) is 0 Å². The van der Waals surface area contributed by atoms with Crippen LogP contribution >= 0.6 is 0 Å². The predicted octanol–water partition coefficient (Wildman–Crippen LogP) is 3.93. The van der Waals surface area contributed by atoms with Crippen molar-refractivity contribution < 1.29 is 9.13 Å². The van der Waals surface area contributed by atoms with E-state index in [9.17, 15) is 4.39 Å². The van der Waals surface area contributed by atoms with Gasteiger partial charge in [0.1, 0.15) is 5.82 Å². The van der Waals surface area contributed by atoms with Crippen molar-refractivity contribution in [1.82, 2.24) is 15.4 Å². The molecule has 0 spiro atoms. The lowest BCUT2D eigenvalue weighted by atomic mass is 10.0. The number of halogens is 1. The van der Waals surface area contributed by atoms with E-state index in [1.54, 1.807) is 25.6 Å². The highest BCUT2D eigenvalue weighted by Gasteiger charge is 2.16. The highest BCUT2D eigenvalue weighted by atomic mass is 19.1. The van der Waals surface area contributed by atoms with Gasteiger partial charge in [-0.2, -0.15) is 5.10 Å². The predicted molar refractivity (Wildman–Crippen MR) is 112 cm³/mol. The summed E-state index contributed by atoms with van der Waals surface area (Å²) in [6.45, 7) is 9.02. The fraction of sp³-hybridized carbons (Fsp3) is 0.381. The number of methoxy groups -OCH3 is 1. The minimum Gasteiger partial charge on any atom is -0.404 e. The molecule has 0 atom stereocenters. The average molecular weight is 388 g/mol. The fourth-order valence-corrected chi connectivity index (χ4v) is 2.18. The minimum atomic E-state index is -0.298. The number of aromatic nitrogens is 2. The van der Waals surface area contributed by atoms with Gasteiger partial charge in [-0.25, -0.2) is 14.4 Å². The van der Waals surface area contributed by atoms with Crippen molar-refractivity contribution >= 4 is 5.71 Å². The Bertz CT molecular complexity index is 745. The van der Waals surface area contributed by atoms with Crippen LogP contribution in [0.5, 0.6) is 0 Å². The molecule has 0 unspecified atom stereocenters. The van der Waals surface area contributed by atoms with Crippen molar-refractivity contribution in [2.75, 3.05) is 7.11 Å². The Labute approximate surface area is 166 Å². The Hall–Kier alpha value is -2.80. The van der Waals surface area contributed by atoms with Crippen LogP contribution < -0.4 is 11.2 Å². The van der Waals surface area contributed by atoms with Crippen LogP contribution in [0.25, 0.3) is 0 Å².